The summed E-state index contributed by atoms with van der Waals surface area (Å²) in [6.07, 6.45) is 1.03. The monoisotopic (exact) mass is 428 g/mol. The van der Waals surface area contributed by atoms with Crippen molar-refractivity contribution in [1.29, 1.82) is 0 Å². The number of carbonyl (C=O) groups excluding carboxylic acids is 1. The molecule has 28 heavy (non-hydrogen) atoms. The van der Waals surface area contributed by atoms with Gasteiger partial charge < -0.3 is 9.84 Å². The topological polar surface area (TPSA) is 123 Å². The number of hydrogen-bond acceptors (Lipinski definition) is 7. The van der Waals surface area contributed by atoms with Gasteiger partial charge in [-0.25, -0.2) is 16.8 Å². The Morgan fingerprint density at radius 3 is 1.89 bits per heavy atom. The van der Waals surface area contributed by atoms with Gasteiger partial charge in [-0.3, -0.25) is 4.79 Å². The Balaban J connectivity index is 2.31. The SMILES string of the molecule is CC(C)(C)c1cc(NC(=O)C(C)(C)S(=O)(=O)c2ccc(S(C)(=O)=O)cc2)no1. The molecule has 0 unspecified atom stereocenters. The van der Waals surface area contributed by atoms with Gasteiger partial charge in [0.2, 0.25) is 5.91 Å². The minimum atomic E-state index is -4.11. The van der Waals surface area contributed by atoms with Crippen molar-refractivity contribution < 1.29 is 26.2 Å². The maximum Gasteiger partial charge on any atom is 0.246 e. The van der Waals surface area contributed by atoms with Gasteiger partial charge in [0.25, 0.3) is 0 Å². The molecule has 0 bridgehead atoms. The van der Waals surface area contributed by atoms with E-state index in [4.69, 9.17) is 4.52 Å². The zero-order valence-corrected chi connectivity index (χ0v) is 18.2. The van der Waals surface area contributed by atoms with E-state index < -0.39 is 30.3 Å². The van der Waals surface area contributed by atoms with E-state index in [1.165, 1.54) is 38.1 Å². The van der Waals surface area contributed by atoms with Crippen molar-refractivity contribution in [2.75, 3.05) is 11.6 Å². The van der Waals surface area contributed by atoms with Crippen LogP contribution in [0.5, 0.6) is 0 Å². The molecule has 1 N–H and O–H groups in total. The molecular formula is C18H24N2O6S2. The minimum Gasteiger partial charge on any atom is -0.359 e. The quantitative estimate of drug-likeness (QED) is 0.776. The second-order valence-corrected chi connectivity index (χ2v) is 12.6. The number of hydrogen-bond donors (Lipinski definition) is 1. The van der Waals surface area contributed by atoms with Crippen molar-refractivity contribution in [1.82, 2.24) is 5.16 Å². The van der Waals surface area contributed by atoms with Crippen LogP contribution in [0.3, 0.4) is 0 Å². The van der Waals surface area contributed by atoms with Crippen molar-refractivity contribution >= 4 is 31.4 Å². The third-order valence-corrected chi connectivity index (χ3v) is 7.82. The summed E-state index contributed by atoms with van der Waals surface area (Å²) in [4.78, 5) is 12.5. The van der Waals surface area contributed by atoms with E-state index in [1.54, 1.807) is 6.07 Å². The fourth-order valence-electron chi connectivity index (χ4n) is 2.24. The third-order valence-electron chi connectivity index (χ3n) is 4.27. The van der Waals surface area contributed by atoms with Crippen LogP contribution in [0.25, 0.3) is 0 Å². The van der Waals surface area contributed by atoms with Crippen LogP contribution in [-0.2, 0) is 29.9 Å². The van der Waals surface area contributed by atoms with Gasteiger partial charge in [-0.15, -0.1) is 0 Å². The number of benzene rings is 1. The average Bonchev–Trinajstić information content (AvgIpc) is 3.02. The molecule has 0 aliphatic heterocycles. The second-order valence-electron chi connectivity index (χ2n) is 8.04. The molecule has 2 aromatic rings. The average molecular weight is 429 g/mol. The van der Waals surface area contributed by atoms with Crippen molar-refractivity contribution in [2.45, 2.75) is 54.6 Å². The highest BCUT2D eigenvalue weighted by Crippen LogP contribution is 2.29. The van der Waals surface area contributed by atoms with Crippen LogP contribution < -0.4 is 5.32 Å². The molecule has 0 fully saturated rings. The summed E-state index contributed by atoms with van der Waals surface area (Å²) >= 11 is 0. The molecule has 1 amide bonds. The maximum absolute atomic E-state index is 13.0. The first-order valence-corrected chi connectivity index (χ1v) is 11.8. The lowest BCUT2D eigenvalue weighted by atomic mass is 9.93. The van der Waals surface area contributed by atoms with Gasteiger partial charge in [-0.2, -0.15) is 0 Å². The normalized spacial score (nSPS) is 13.4. The fraction of sp³-hybridized carbons (Fsp3) is 0.444. The lowest BCUT2D eigenvalue weighted by Crippen LogP contribution is -2.44. The van der Waals surface area contributed by atoms with Gasteiger partial charge in [-0.1, -0.05) is 25.9 Å². The van der Waals surface area contributed by atoms with E-state index in [0.717, 1.165) is 6.26 Å². The molecule has 1 heterocycles. The Bertz CT molecular complexity index is 1090. The highest BCUT2D eigenvalue weighted by molar-refractivity contribution is 7.93. The molecule has 154 valence electrons. The zero-order valence-electron chi connectivity index (χ0n) is 16.6. The molecule has 1 aromatic carbocycles. The Morgan fingerprint density at radius 2 is 1.46 bits per heavy atom. The Morgan fingerprint density at radius 1 is 0.964 bits per heavy atom. The first-order valence-electron chi connectivity index (χ1n) is 8.40. The van der Waals surface area contributed by atoms with E-state index in [9.17, 15) is 21.6 Å². The molecule has 1 aromatic heterocycles. The van der Waals surface area contributed by atoms with E-state index in [0.29, 0.717) is 5.76 Å². The second kappa shape index (κ2) is 7.00. The number of rotatable bonds is 5. The standard InChI is InChI=1S/C18H24N2O6S2/c1-17(2,3)14-11-15(20-26-14)19-16(21)18(4,5)28(24,25)13-9-7-12(8-10-13)27(6,22)23/h7-11H,1-6H3,(H,19,20,21). The fourth-order valence-corrected chi connectivity index (χ4v) is 4.25. The van der Waals surface area contributed by atoms with E-state index >= 15 is 0 Å². The minimum absolute atomic E-state index is 0.00832. The Hall–Kier alpha value is -2.20. The molecule has 2 rings (SSSR count). The van der Waals surface area contributed by atoms with Crippen LogP contribution in [-0.4, -0.2) is 38.9 Å². The first kappa shape index (κ1) is 22.1. The van der Waals surface area contributed by atoms with Crippen LogP contribution >= 0.6 is 0 Å². The van der Waals surface area contributed by atoms with Crippen molar-refractivity contribution in [2.24, 2.45) is 0 Å². The molecule has 8 nitrogen and oxygen atoms in total. The van der Waals surface area contributed by atoms with Crippen LogP contribution in [0.4, 0.5) is 5.82 Å². The summed E-state index contributed by atoms with van der Waals surface area (Å²) in [5.74, 6) is -0.126. The molecular weight excluding hydrogens is 404 g/mol. The Labute approximate surface area is 165 Å². The number of amides is 1. The first-order chi connectivity index (χ1) is 12.6. The van der Waals surface area contributed by atoms with Gasteiger partial charge in [0, 0.05) is 17.7 Å². The molecule has 0 atom stereocenters. The number of aromatic nitrogens is 1. The summed E-state index contributed by atoms with van der Waals surface area (Å²) in [7, 11) is -7.57. The number of anilines is 1. The summed E-state index contributed by atoms with van der Waals surface area (Å²) in [6, 6.07) is 6.29. The number of carbonyl (C=O) groups is 1. The Kier molecular flexibility index (Phi) is 5.52. The van der Waals surface area contributed by atoms with Gasteiger partial charge in [0.15, 0.2) is 25.5 Å². The van der Waals surface area contributed by atoms with Crippen LogP contribution in [0.1, 0.15) is 40.4 Å². The van der Waals surface area contributed by atoms with E-state index in [1.807, 2.05) is 20.8 Å². The van der Waals surface area contributed by atoms with Crippen molar-refractivity contribution in [3.63, 3.8) is 0 Å². The molecule has 0 saturated heterocycles. The predicted octanol–water partition coefficient (Wildman–Crippen LogP) is 2.57. The molecule has 0 aliphatic carbocycles. The van der Waals surface area contributed by atoms with E-state index in [-0.39, 0.29) is 21.0 Å². The van der Waals surface area contributed by atoms with Crippen LogP contribution in [0.2, 0.25) is 0 Å². The van der Waals surface area contributed by atoms with Crippen LogP contribution in [0.15, 0.2) is 44.6 Å². The van der Waals surface area contributed by atoms with E-state index in [2.05, 4.69) is 10.5 Å². The largest absolute Gasteiger partial charge is 0.359 e. The highest BCUT2D eigenvalue weighted by atomic mass is 32.2. The third kappa shape index (κ3) is 4.27. The lowest BCUT2D eigenvalue weighted by molar-refractivity contribution is -0.117. The summed E-state index contributed by atoms with van der Waals surface area (Å²) < 4.78 is 52.4. The number of sulfone groups is 2. The molecule has 0 spiro atoms. The van der Waals surface area contributed by atoms with Gasteiger partial charge in [0.05, 0.1) is 9.79 Å². The molecule has 0 radical (unpaired) electrons. The summed E-state index contributed by atoms with van der Waals surface area (Å²) in [6.45, 7) is 8.27. The zero-order chi connectivity index (χ0) is 21.5. The highest BCUT2D eigenvalue weighted by Gasteiger charge is 2.43. The smallest absolute Gasteiger partial charge is 0.246 e. The number of nitrogens with one attached hydrogen (secondary N) is 1. The summed E-state index contributed by atoms with van der Waals surface area (Å²) in [5, 5.41) is 6.23. The predicted molar refractivity (Wildman–Crippen MR) is 105 cm³/mol. The molecule has 0 aliphatic rings. The van der Waals surface area contributed by atoms with Gasteiger partial charge in [0.1, 0.15) is 10.5 Å². The summed E-state index contributed by atoms with van der Waals surface area (Å²) in [5.41, 5.74) is -0.321. The number of nitrogens with zero attached hydrogens (tertiary/aromatic N) is 1. The van der Waals surface area contributed by atoms with Gasteiger partial charge in [-0.05, 0) is 38.1 Å². The molecule has 0 saturated carbocycles. The molecule has 10 heteroatoms. The van der Waals surface area contributed by atoms with Crippen molar-refractivity contribution in [3.05, 3.63) is 36.1 Å². The maximum atomic E-state index is 13.0. The van der Waals surface area contributed by atoms with Gasteiger partial charge >= 0.3 is 0 Å². The van der Waals surface area contributed by atoms with Crippen molar-refractivity contribution in [3.8, 4) is 0 Å². The van der Waals surface area contributed by atoms with Crippen LogP contribution in [0, 0.1) is 0 Å². The lowest BCUT2D eigenvalue weighted by Gasteiger charge is -2.23.